The lowest BCUT2D eigenvalue weighted by Gasteiger charge is -2.34. The molecule has 1 heterocycles. The molecule has 16 heavy (non-hydrogen) atoms. The Kier molecular flexibility index (Phi) is 3.22. The zero-order chi connectivity index (χ0) is 12.7. The van der Waals surface area contributed by atoms with Gasteiger partial charge in [-0.15, -0.1) is 0 Å². The first-order chi connectivity index (χ1) is 7.25. The highest BCUT2D eigenvalue weighted by atomic mass is 16.4. The van der Waals surface area contributed by atoms with Crippen LogP contribution in [-0.2, 0) is 9.59 Å². The Labute approximate surface area is 91.7 Å². The van der Waals surface area contributed by atoms with Crippen molar-refractivity contribution in [2.24, 2.45) is 5.92 Å². The van der Waals surface area contributed by atoms with Gasteiger partial charge in [0, 0.05) is 0 Å². The van der Waals surface area contributed by atoms with E-state index in [1.807, 2.05) is 5.32 Å². The minimum absolute atomic E-state index is 0.503. The highest BCUT2D eigenvalue weighted by molar-refractivity contribution is 5.95. The van der Waals surface area contributed by atoms with Gasteiger partial charge in [-0.1, -0.05) is 13.8 Å². The van der Waals surface area contributed by atoms with Crippen LogP contribution in [0.1, 0.15) is 13.8 Å². The third-order valence-electron chi connectivity index (χ3n) is 2.82. The molecule has 0 saturated carbocycles. The second-order valence-electron chi connectivity index (χ2n) is 4.24. The maximum atomic E-state index is 11.1. The number of aliphatic carboxylic acids is 1. The summed E-state index contributed by atoms with van der Waals surface area (Å²) in [6.45, 7) is 3.08. The van der Waals surface area contributed by atoms with E-state index in [0.717, 1.165) is 0 Å². The van der Waals surface area contributed by atoms with Crippen LogP contribution in [0.3, 0.4) is 0 Å². The molecule has 0 aliphatic carbocycles. The molecule has 0 aromatic carbocycles. The summed E-state index contributed by atoms with van der Waals surface area (Å²) in [5, 5.41) is 39.6. The first kappa shape index (κ1) is 12.9. The number of carbonyl (C=O) groups excluding carboxylic acids is 1. The highest BCUT2D eigenvalue weighted by Gasteiger charge is 2.62. The van der Waals surface area contributed by atoms with Crippen molar-refractivity contribution in [2.75, 3.05) is 0 Å². The van der Waals surface area contributed by atoms with E-state index in [9.17, 15) is 24.9 Å². The van der Waals surface area contributed by atoms with Gasteiger partial charge in [0.25, 0.3) is 5.91 Å². The number of amides is 1. The van der Waals surface area contributed by atoms with E-state index < -0.39 is 41.6 Å². The molecular formula is C9H15NO6. The fourth-order valence-corrected chi connectivity index (χ4v) is 1.83. The Morgan fingerprint density at radius 2 is 1.94 bits per heavy atom. The van der Waals surface area contributed by atoms with E-state index in [1.54, 1.807) is 13.8 Å². The summed E-state index contributed by atoms with van der Waals surface area (Å²) >= 11 is 0. The number of aliphatic hydroxyl groups excluding tert-OH is 3. The lowest BCUT2D eigenvalue weighted by atomic mass is 9.82. The van der Waals surface area contributed by atoms with E-state index in [4.69, 9.17) is 5.11 Å². The Morgan fingerprint density at radius 1 is 1.44 bits per heavy atom. The van der Waals surface area contributed by atoms with Crippen LogP contribution in [0.5, 0.6) is 0 Å². The van der Waals surface area contributed by atoms with Crippen LogP contribution in [0, 0.1) is 5.92 Å². The quantitative estimate of drug-likeness (QED) is 0.372. The van der Waals surface area contributed by atoms with Crippen molar-refractivity contribution in [1.82, 2.24) is 5.32 Å². The fraction of sp³-hybridized carbons (Fsp3) is 0.778. The molecule has 0 aromatic rings. The summed E-state index contributed by atoms with van der Waals surface area (Å²) in [7, 11) is 0. The van der Waals surface area contributed by atoms with Crippen LogP contribution < -0.4 is 5.32 Å². The molecule has 5 N–H and O–H groups in total. The number of aliphatic hydroxyl groups is 3. The van der Waals surface area contributed by atoms with Crippen molar-refractivity contribution in [3.8, 4) is 0 Å². The topological polar surface area (TPSA) is 127 Å². The van der Waals surface area contributed by atoms with Crippen molar-refractivity contribution in [3.63, 3.8) is 0 Å². The van der Waals surface area contributed by atoms with Gasteiger partial charge in [0.1, 0.15) is 6.10 Å². The Bertz CT molecular complexity index is 317. The predicted octanol–water partition coefficient (Wildman–Crippen LogP) is -2.32. The number of hydrogen-bond acceptors (Lipinski definition) is 5. The minimum atomic E-state index is -2.25. The minimum Gasteiger partial charge on any atom is -0.479 e. The molecule has 4 unspecified atom stereocenters. The number of carbonyl (C=O) groups is 2. The van der Waals surface area contributed by atoms with Crippen molar-refractivity contribution in [2.45, 2.75) is 37.7 Å². The summed E-state index contributed by atoms with van der Waals surface area (Å²) < 4.78 is 0. The van der Waals surface area contributed by atoms with Gasteiger partial charge >= 0.3 is 5.97 Å². The number of hydrogen-bond donors (Lipinski definition) is 5. The second kappa shape index (κ2) is 4.00. The largest absolute Gasteiger partial charge is 0.479 e. The molecule has 1 fully saturated rings. The normalized spacial score (nSPS) is 36.2. The fourth-order valence-electron chi connectivity index (χ4n) is 1.83. The van der Waals surface area contributed by atoms with Gasteiger partial charge in [0.05, 0.1) is 6.10 Å². The van der Waals surface area contributed by atoms with Crippen LogP contribution in [0.15, 0.2) is 0 Å². The molecule has 0 aromatic heterocycles. The maximum Gasteiger partial charge on any atom is 0.335 e. The molecule has 0 radical (unpaired) electrons. The first-order valence-electron chi connectivity index (χ1n) is 4.84. The zero-order valence-electron chi connectivity index (χ0n) is 8.91. The lowest BCUT2D eigenvalue weighted by Crippen LogP contribution is -2.65. The van der Waals surface area contributed by atoms with Crippen molar-refractivity contribution >= 4 is 11.9 Å². The number of carboxylic acid groups (broad SMARTS) is 1. The SMILES string of the molecule is CC(C)C(O)C1(C(=O)O)NC(=O)C(O)C1O. The van der Waals surface area contributed by atoms with Crippen molar-refractivity contribution < 1.29 is 30.0 Å². The molecule has 1 rings (SSSR count). The molecular weight excluding hydrogens is 218 g/mol. The molecule has 7 nitrogen and oxygen atoms in total. The van der Waals surface area contributed by atoms with Crippen LogP contribution >= 0.6 is 0 Å². The highest BCUT2D eigenvalue weighted by Crippen LogP contribution is 2.29. The number of nitrogens with one attached hydrogen (secondary N) is 1. The van der Waals surface area contributed by atoms with E-state index >= 15 is 0 Å². The molecule has 92 valence electrons. The molecule has 7 heteroatoms. The monoisotopic (exact) mass is 233 g/mol. The zero-order valence-corrected chi connectivity index (χ0v) is 8.91. The standard InChI is InChI=1S/C9H15NO6/c1-3(2)5(12)9(8(15)16)6(13)4(11)7(14)10-9/h3-6,11-13H,1-2H3,(H,10,14)(H,15,16). The van der Waals surface area contributed by atoms with Crippen LogP contribution in [-0.4, -0.2) is 56.2 Å². The molecule has 4 atom stereocenters. The average molecular weight is 233 g/mol. The Morgan fingerprint density at radius 3 is 2.19 bits per heavy atom. The molecule has 1 aliphatic heterocycles. The summed E-state index contributed by atoms with van der Waals surface area (Å²) in [5.74, 6) is -3.09. The molecule has 0 bridgehead atoms. The van der Waals surface area contributed by atoms with E-state index in [2.05, 4.69) is 0 Å². The van der Waals surface area contributed by atoms with Gasteiger partial charge < -0.3 is 25.7 Å². The molecule has 0 spiro atoms. The lowest BCUT2D eigenvalue weighted by molar-refractivity contribution is -0.160. The molecule has 1 saturated heterocycles. The maximum absolute atomic E-state index is 11.1. The summed E-state index contributed by atoms with van der Waals surface area (Å²) in [6.07, 6.45) is -5.22. The van der Waals surface area contributed by atoms with E-state index in [-0.39, 0.29) is 0 Å². The van der Waals surface area contributed by atoms with Gasteiger partial charge in [-0.25, -0.2) is 4.79 Å². The number of rotatable bonds is 3. The Balaban J connectivity index is 3.18. The number of carboxylic acids is 1. The van der Waals surface area contributed by atoms with Crippen LogP contribution in [0.2, 0.25) is 0 Å². The molecule has 1 aliphatic rings. The third-order valence-corrected chi connectivity index (χ3v) is 2.82. The molecule has 1 amide bonds. The summed E-state index contributed by atoms with van der Waals surface area (Å²) in [5.41, 5.74) is -2.25. The van der Waals surface area contributed by atoms with Gasteiger partial charge in [-0.05, 0) is 5.92 Å². The summed E-state index contributed by atoms with van der Waals surface area (Å²) in [4.78, 5) is 22.3. The predicted molar refractivity (Wildman–Crippen MR) is 51.4 cm³/mol. The van der Waals surface area contributed by atoms with Crippen LogP contribution in [0.4, 0.5) is 0 Å². The van der Waals surface area contributed by atoms with Crippen LogP contribution in [0.25, 0.3) is 0 Å². The van der Waals surface area contributed by atoms with Gasteiger partial charge in [-0.3, -0.25) is 4.79 Å². The first-order valence-corrected chi connectivity index (χ1v) is 4.84. The third kappa shape index (κ3) is 1.57. The van der Waals surface area contributed by atoms with E-state index in [0.29, 0.717) is 0 Å². The summed E-state index contributed by atoms with van der Waals surface area (Å²) in [6, 6.07) is 0. The second-order valence-corrected chi connectivity index (χ2v) is 4.24. The van der Waals surface area contributed by atoms with Gasteiger partial charge in [-0.2, -0.15) is 0 Å². The van der Waals surface area contributed by atoms with Crippen molar-refractivity contribution in [1.29, 1.82) is 0 Å². The van der Waals surface area contributed by atoms with Gasteiger partial charge in [0.2, 0.25) is 0 Å². The van der Waals surface area contributed by atoms with E-state index in [1.165, 1.54) is 0 Å². The Hall–Kier alpha value is -1.18. The average Bonchev–Trinajstić information content (AvgIpc) is 2.42. The smallest absolute Gasteiger partial charge is 0.335 e. The van der Waals surface area contributed by atoms with Gasteiger partial charge in [0.15, 0.2) is 11.6 Å². The van der Waals surface area contributed by atoms with Crippen molar-refractivity contribution in [3.05, 3.63) is 0 Å².